The van der Waals surface area contributed by atoms with Gasteiger partial charge >= 0.3 is 12.4 Å². The van der Waals surface area contributed by atoms with Crippen LogP contribution in [0.4, 0.5) is 30.7 Å². The van der Waals surface area contributed by atoms with Crippen LogP contribution in [0.15, 0.2) is 36.4 Å². The zero-order valence-corrected chi connectivity index (χ0v) is 22.0. The van der Waals surface area contributed by atoms with Crippen molar-refractivity contribution in [2.75, 3.05) is 40.8 Å². The molecule has 0 aliphatic carbocycles. The Hall–Kier alpha value is -3.15. The van der Waals surface area contributed by atoms with Gasteiger partial charge in [-0.3, -0.25) is 9.59 Å². The fourth-order valence-corrected chi connectivity index (χ4v) is 4.96. The fraction of sp³-hybridized carbons (Fsp3) is 0.481. The monoisotopic (exact) mass is 561 g/mol. The highest BCUT2D eigenvalue weighted by molar-refractivity contribution is 5.82. The lowest BCUT2D eigenvalue weighted by Crippen LogP contribution is -2.49. The van der Waals surface area contributed by atoms with Crippen LogP contribution in [0.3, 0.4) is 0 Å². The number of hydrogen-bond donors (Lipinski definition) is 0. The van der Waals surface area contributed by atoms with E-state index in [1.165, 1.54) is 25.2 Å². The molecule has 3 rings (SSSR count). The smallest absolute Gasteiger partial charge is 0.341 e. The third-order valence-electron chi connectivity index (χ3n) is 6.81. The van der Waals surface area contributed by atoms with E-state index in [1.54, 1.807) is 30.8 Å². The minimum absolute atomic E-state index is 0.0408. The van der Waals surface area contributed by atoms with Crippen molar-refractivity contribution >= 4 is 11.8 Å². The lowest BCUT2D eigenvalue weighted by Gasteiger charge is -2.40. The van der Waals surface area contributed by atoms with Crippen molar-refractivity contribution in [1.82, 2.24) is 14.7 Å². The summed E-state index contributed by atoms with van der Waals surface area (Å²) in [5, 5.41) is 0. The first kappa shape index (κ1) is 30.4. The number of benzene rings is 2. The molecule has 1 aliphatic heterocycles. The average molecular weight is 562 g/mol. The Bertz CT molecular complexity index is 1180. The highest BCUT2D eigenvalue weighted by Crippen LogP contribution is 2.38. The van der Waals surface area contributed by atoms with Gasteiger partial charge in [0.2, 0.25) is 11.8 Å². The standard InChI is InChI=1S/C27H30F7N3O2/c1-16-9-20(28)5-6-21(16)23-14-37(24(38)15-35(2)3)8-7-22(23)25(39)36(4)13-17-10-18(26(29,30)31)12-19(11-17)27(32,33)34/h5-6,9-12,22-23H,7-8,13-15H2,1-4H3/t22-,23+/m1/s1. The summed E-state index contributed by atoms with van der Waals surface area (Å²) >= 11 is 0. The number of hydrogen-bond acceptors (Lipinski definition) is 3. The summed E-state index contributed by atoms with van der Waals surface area (Å²) in [4.78, 5) is 30.7. The van der Waals surface area contributed by atoms with Crippen molar-refractivity contribution in [3.05, 3.63) is 70.0 Å². The number of carbonyl (C=O) groups excluding carboxylic acids is 2. The van der Waals surface area contributed by atoms with E-state index in [0.717, 1.165) is 4.90 Å². The summed E-state index contributed by atoms with van der Waals surface area (Å²) in [7, 11) is 4.79. The van der Waals surface area contributed by atoms with Crippen molar-refractivity contribution in [3.63, 3.8) is 0 Å². The Labute approximate surface area is 222 Å². The minimum atomic E-state index is -5.00. The van der Waals surface area contributed by atoms with Crippen LogP contribution < -0.4 is 0 Å². The molecule has 2 amide bonds. The molecule has 0 N–H and O–H groups in total. The lowest BCUT2D eigenvalue weighted by molar-refractivity contribution is -0.143. The molecule has 0 saturated carbocycles. The third kappa shape index (κ3) is 7.49. The Kier molecular flexibility index (Phi) is 8.99. The highest BCUT2D eigenvalue weighted by atomic mass is 19.4. The number of aryl methyl sites for hydroxylation is 1. The number of rotatable bonds is 6. The van der Waals surface area contributed by atoms with Crippen molar-refractivity contribution in [3.8, 4) is 0 Å². The summed E-state index contributed by atoms with van der Waals surface area (Å²) in [6.07, 6.45) is -9.79. The number of likely N-dealkylation sites (N-methyl/N-ethyl adjacent to an activating group) is 1. The molecule has 0 aromatic heterocycles. The Morgan fingerprint density at radius 1 is 0.949 bits per heavy atom. The van der Waals surface area contributed by atoms with E-state index in [4.69, 9.17) is 0 Å². The van der Waals surface area contributed by atoms with E-state index in [-0.39, 0.29) is 43.6 Å². The normalized spacial score (nSPS) is 18.4. The summed E-state index contributed by atoms with van der Waals surface area (Å²) in [5.41, 5.74) is -2.03. The molecule has 214 valence electrons. The molecule has 2 aromatic rings. The van der Waals surface area contributed by atoms with E-state index in [2.05, 4.69) is 0 Å². The van der Waals surface area contributed by atoms with Gasteiger partial charge in [-0.15, -0.1) is 0 Å². The first-order valence-electron chi connectivity index (χ1n) is 12.2. The van der Waals surface area contributed by atoms with Crippen LogP contribution in [0.2, 0.25) is 0 Å². The van der Waals surface area contributed by atoms with Gasteiger partial charge in [-0.05, 0) is 74.5 Å². The van der Waals surface area contributed by atoms with E-state index >= 15 is 0 Å². The highest BCUT2D eigenvalue weighted by Gasteiger charge is 2.40. The maximum absolute atomic E-state index is 13.8. The Balaban J connectivity index is 1.92. The van der Waals surface area contributed by atoms with Gasteiger partial charge in [0.05, 0.1) is 17.7 Å². The number of likely N-dealkylation sites (tertiary alicyclic amines) is 1. The van der Waals surface area contributed by atoms with Gasteiger partial charge in [0.15, 0.2) is 0 Å². The third-order valence-corrected chi connectivity index (χ3v) is 6.81. The number of halogens is 7. The number of alkyl halides is 6. The molecule has 0 unspecified atom stereocenters. The zero-order valence-electron chi connectivity index (χ0n) is 22.0. The van der Waals surface area contributed by atoms with Gasteiger partial charge in [-0.25, -0.2) is 4.39 Å². The van der Waals surface area contributed by atoms with Crippen LogP contribution in [0, 0.1) is 18.7 Å². The second-order valence-electron chi connectivity index (χ2n) is 10.2. The van der Waals surface area contributed by atoms with Crippen LogP contribution >= 0.6 is 0 Å². The molecule has 2 atom stereocenters. The largest absolute Gasteiger partial charge is 0.416 e. The van der Waals surface area contributed by atoms with Gasteiger partial charge in [-0.2, -0.15) is 26.3 Å². The van der Waals surface area contributed by atoms with Crippen molar-refractivity contribution in [2.24, 2.45) is 5.92 Å². The summed E-state index contributed by atoms with van der Waals surface area (Å²) < 4.78 is 93.6. The summed E-state index contributed by atoms with van der Waals surface area (Å²) in [6.45, 7) is 1.73. The predicted molar refractivity (Wildman–Crippen MR) is 130 cm³/mol. The molecule has 39 heavy (non-hydrogen) atoms. The summed E-state index contributed by atoms with van der Waals surface area (Å²) in [5.74, 6) is -2.40. The number of nitrogens with zero attached hydrogens (tertiary/aromatic N) is 3. The van der Waals surface area contributed by atoms with E-state index < -0.39 is 53.6 Å². The Morgan fingerprint density at radius 2 is 1.54 bits per heavy atom. The maximum atomic E-state index is 13.8. The molecule has 1 aliphatic rings. The van der Waals surface area contributed by atoms with E-state index in [0.29, 0.717) is 23.3 Å². The second-order valence-corrected chi connectivity index (χ2v) is 10.2. The first-order chi connectivity index (χ1) is 18.0. The number of piperidine rings is 1. The van der Waals surface area contributed by atoms with Gasteiger partial charge in [0.1, 0.15) is 5.82 Å². The molecule has 0 bridgehead atoms. The van der Waals surface area contributed by atoms with Crippen LogP contribution in [-0.2, 0) is 28.5 Å². The van der Waals surface area contributed by atoms with Gasteiger partial charge < -0.3 is 14.7 Å². The van der Waals surface area contributed by atoms with Gasteiger partial charge in [-0.1, -0.05) is 6.07 Å². The molecular weight excluding hydrogens is 531 g/mol. The topological polar surface area (TPSA) is 43.9 Å². The SMILES string of the molecule is Cc1cc(F)ccc1[C@@H]1CN(C(=O)CN(C)C)CC[C@H]1C(=O)N(C)Cc1cc(C(F)(F)F)cc(C(F)(F)F)c1. The first-order valence-corrected chi connectivity index (χ1v) is 12.2. The minimum Gasteiger partial charge on any atom is -0.341 e. The van der Waals surface area contributed by atoms with Gasteiger partial charge in [0, 0.05) is 38.5 Å². The molecule has 12 heteroatoms. The molecule has 5 nitrogen and oxygen atoms in total. The molecule has 0 spiro atoms. The summed E-state index contributed by atoms with van der Waals surface area (Å²) in [6, 6.07) is 5.33. The molecule has 0 radical (unpaired) electrons. The van der Waals surface area contributed by atoms with Gasteiger partial charge in [0.25, 0.3) is 0 Å². The zero-order chi connectivity index (χ0) is 29.3. The molecule has 1 saturated heterocycles. The van der Waals surface area contributed by atoms with Crippen LogP contribution in [0.5, 0.6) is 0 Å². The molecule has 1 fully saturated rings. The van der Waals surface area contributed by atoms with Crippen LogP contribution in [-0.4, -0.2) is 67.3 Å². The quantitative estimate of drug-likeness (QED) is 0.449. The van der Waals surface area contributed by atoms with E-state index in [9.17, 15) is 40.3 Å². The van der Waals surface area contributed by atoms with Crippen molar-refractivity contribution < 1.29 is 40.3 Å². The second kappa shape index (κ2) is 11.5. The molecule has 1 heterocycles. The molecule has 2 aromatic carbocycles. The van der Waals surface area contributed by atoms with Crippen molar-refractivity contribution in [2.45, 2.75) is 38.2 Å². The average Bonchev–Trinajstić information content (AvgIpc) is 2.81. The van der Waals surface area contributed by atoms with Crippen molar-refractivity contribution in [1.29, 1.82) is 0 Å². The number of carbonyl (C=O) groups is 2. The fourth-order valence-electron chi connectivity index (χ4n) is 4.96. The number of amides is 2. The van der Waals surface area contributed by atoms with Crippen LogP contribution in [0.1, 0.15) is 40.2 Å². The lowest BCUT2D eigenvalue weighted by atomic mass is 9.78. The maximum Gasteiger partial charge on any atom is 0.416 e. The Morgan fingerprint density at radius 3 is 2.05 bits per heavy atom. The predicted octanol–water partition coefficient (Wildman–Crippen LogP) is 5.32. The molecular formula is C27H30F7N3O2. The van der Waals surface area contributed by atoms with Crippen LogP contribution in [0.25, 0.3) is 0 Å². The van der Waals surface area contributed by atoms with E-state index in [1.807, 2.05) is 0 Å².